The summed E-state index contributed by atoms with van der Waals surface area (Å²) in [6.07, 6.45) is 3.91. The Morgan fingerprint density at radius 2 is 1.61 bits per heavy atom. The summed E-state index contributed by atoms with van der Waals surface area (Å²) in [5.41, 5.74) is 0. The summed E-state index contributed by atoms with van der Waals surface area (Å²) in [5.74, 6) is -0.523. The number of amides is 2. The van der Waals surface area contributed by atoms with Crippen LogP contribution in [0.1, 0.15) is 25.7 Å². The van der Waals surface area contributed by atoms with Gasteiger partial charge in [-0.15, -0.1) is 0 Å². The maximum Gasteiger partial charge on any atom is 0.242 e. The van der Waals surface area contributed by atoms with Crippen LogP contribution in [0.3, 0.4) is 0 Å². The summed E-state index contributed by atoms with van der Waals surface area (Å²) in [4.78, 5) is 32.2. The number of halogens is 1. The van der Waals surface area contributed by atoms with Crippen molar-refractivity contribution in [2.45, 2.75) is 42.7 Å². The third kappa shape index (κ3) is 7.11. The number of likely N-dealkylation sites (tertiary alicyclic amines) is 2. The van der Waals surface area contributed by atoms with Crippen LogP contribution in [0.15, 0.2) is 45.8 Å². The highest BCUT2D eigenvalue weighted by atomic mass is 79.9. The van der Waals surface area contributed by atoms with Gasteiger partial charge < -0.3 is 9.80 Å². The fourth-order valence-corrected chi connectivity index (χ4v) is 8.44. The van der Waals surface area contributed by atoms with Gasteiger partial charge in [-0.25, -0.2) is 16.8 Å². The first kappa shape index (κ1) is 30.4. The number of carbonyl (C=O) groups is 2. The van der Waals surface area contributed by atoms with Gasteiger partial charge in [0.15, 0.2) is 0 Å². The number of fused-ring (bicyclic) bond motifs is 1. The molecule has 11 nitrogen and oxygen atoms in total. The van der Waals surface area contributed by atoms with E-state index in [2.05, 4.69) is 25.6 Å². The summed E-state index contributed by atoms with van der Waals surface area (Å²) in [6, 6.07) is 9.52. The highest BCUT2D eigenvalue weighted by Crippen LogP contribution is 2.25. The first-order valence-corrected chi connectivity index (χ1v) is 18.0. The molecule has 3 aliphatic rings. The van der Waals surface area contributed by atoms with Crippen LogP contribution in [0.25, 0.3) is 10.8 Å². The molecule has 0 bridgehead atoms. The molecule has 0 saturated carbocycles. The van der Waals surface area contributed by atoms with E-state index in [1.54, 1.807) is 12.1 Å². The van der Waals surface area contributed by atoms with E-state index >= 15 is 0 Å². The van der Waals surface area contributed by atoms with E-state index in [9.17, 15) is 26.4 Å². The highest BCUT2D eigenvalue weighted by molar-refractivity contribution is 9.10. The number of benzene rings is 2. The molecule has 5 rings (SSSR count). The van der Waals surface area contributed by atoms with E-state index < -0.39 is 26.1 Å². The molecule has 3 saturated heterocycles. The topological polar surface area (TPSA) is 127 Å². The van der Waals surface area contributed by atoms with Crippen molar-refractivity contribution in [1.29, 1.82) is 0 Å². The van der Waals surface area contributed by atoms with Gasteiger partial charge in [-0.2, -0.15) is 9.03 Å². The lowest BCUT2D eigenvalue weighted by Gasteiger charge is -2.37. The van der Waals surface area contributed by atoms with Crippen molar-refractivity contribution >= 4 is 58.6 Å². The Morgan fingerprint density at radius 1 is 0.927 bits per heavy atom. The van der Waals surface area contributed by atoms with Crippen LogP contribution in [0.4, 0.5) is 0 Å². The van der Waals surface area contributed by atoms with Crippen LogP contribution >= 0.6 is 15.9 Å². The molecule has 3 heterocycles. The first-order valence-electron chi connectivity index (χ1n) is 13.9. The summed E-state index contributed by atoms with van der Waals surface area (Å²) in [5, 5.41) is 1.67. The number of piperidine rings is 1. The second-order valence-corrected chi connectivity index (χ2v) is 15.7. The van der Waals surface area contributed by atoms with Gasteiger partial charge in [0.05, 0.1) is 17.7 Å². The molecular formula is C27H36BrN5O6S2. The number of piperazine rings is 1. The van der Waals surface area contributed by atoms with Gasteiger partial charge in [-0.1, -0.05) is 28.1 Å². The zero-order valence-corrected chi connectivity index (χ0v) is 26.3. The number of nitrogens with one attached hydrogen (secondary N) is 1. The maximum absolute atomic E-state index is 13.3. The van der Waals surface area contributed by atoms with Crippen molar-refractivity contribution in [2.75, 3.05) is 58.6 Å². The minimum absolute atomic E-state index is 0.00926. The number of rotatable bonds is 8. The number of nitrogens with zero attached hydrogens (tertiary/aromatic N) is 4. The van der Waals surface area contributed by atoms with Crippen LogP contribution in [0.2, 0.25) is 0 Å². The molecule has 0 spiro atoms. The highest BCUT2D eigenvalue weighted by Gasteiger charge is 2.37. The second-order valence-electron chi connectivity index (χ2n) is 11.1. The standard InChI is InChI=1S/C27H36BrN5O6S2/c1-40(36,37)32-14-12-30(13-15-32)18-23-4-2-11-33(23)26(34)19-31-10-3-5-25(27(31)35)29-41(38,39)24-9-7-20-16-22(28)8-6-21(20)17-24/h6-9,16-17,23,25,29H,2-5,10-15,18-19H2,1H3. The van der Waals surface area contributed by atoms with Crippen molar-refractivity contribution in [2.24, 2.45) is 0 Å². The molecule has 0 aromatic heterocycles. The Kier molecular flexibility index (Phi) is 9.07. The summed E-state index contributed by atoms with van der Waals surface area (Å²) in [6.45, 7) is 3.72. The fraction of sp³-hybridized carbons (Fsp3) is 0.556. The third-order valence-corrected chi connectivity index (χ3v) is 11.5. The molecule has 0 radical (unpaired) electrons. The Hall–Kier alpha value is -2.10. The van der Waals surface area contributed by atoms with Crippen LogP contribution < -0.4 is 4.72 Å². The molecule has 0 aliphatic carbocycles. The van der Waals surface area contributed by atoms with Gasteiger partial charge in [-0.05, 0) is 60.7 Å². The number of sulfonamides is 2. The minimum atomic E-state index is -3.95. The molecule has 14 heteroatoms. The molecule has 1 N–H and O–H groups in total. The predicted octanol–water partition coefficient (Wildman–Crippen LogP) is 1.44. The fourth-order valence-electron chi connectivity index (χ4n) is 5.97. The molecular weight excluding hydrogens is 634 g/mol. The van der Waals surface area contributed by atoms with Crippen LogP contribution in [-0.4, -0.2) is 118 Å². The van der Waals surface area contributed by atoms with Crippen molar-refractivity contribution in [3.63, 3.8) is 0 Å². The molecule has 3 aliphatic heterocycles. The normalized spacial score (nSPS) is 23.4. The molecule has 2 amide bonds. The van der Waals surface area contributed by atoms with Crippen molar-refractivity contribution in [1.82, 2.24) is 23.7 Å². The second kappa shape index (κ2) is 12.3. The van der Waals surface area contributed by atoms with E-state index in [1.807, 2.05) is 23.1 Å². The molecule has 2 aromatic carbocycles. The van der Waals surface area contributed by atoms with Gasteiger partial charge in [0.25, 0.3) is 0 Å². The Balaban J connectivity index is 1.18. The number of carbonyl (C=O) groups excluding carboxylic acids is 2. The summed E-state index contributed by atoms with van der Waals surface area (Å²) >= 11 is 3.42. The van der Waals surface area contributed by atoms with Gasteiger partial charge in [-0.3, -0.25) is 14.5 Å². The molecule has 2 unspecified atom stereocenters. The largest absolute Gasteiger partial charge is 0.337 e. The van der Waals surface area contributed by atoms with Gasteiger partial charge in [0.1, 0.15) is 6.04 Å². The smallest absolute Gasteiger partial charge is 0.242 e. The Bertz CT molecular complexity index is 1530. The van der Waals surface area contributed by atoms with Gasteiger partial charge in [0.2, 0.25) is 31.9 Å². The lowest BCUT2D eigenvalue weighted by Crippen LogP contribution is -2.56. The first-order chi connectivity index (χ1) is 19.4. The third-order valence-electron chi connectivity index (χ3n) is 8.20. The monoisotopic (exact) mass is 669 g/mol. The average molecular weight is 671 g/mol. The zero-order valence-electron chi connectivity index (χ0n) is 23.0. The van der Waals surface area contributed by atoms with Gasteiger partial charge >= 0.3 is 0 Å². The summed E-state index contributed by atoms with van der Waals surface area (Å²) in [7, 11) is -7.16. The number of hydrogen-bond donors (Lipinski definition) is 1. The van der Waals surface area contributed by atoms with E-state index in [-0.39, 0.29) is 29.3 Å². The minimum Gasteiger partial charge on any atom is -0.337 e. The molecule has 3 fully saturated rings. The SMILES string of the molecule is CS(=O)(=O)N1CCN(CC2CCCN2C(=O)CN2CCCC(NS(=O)(=O)c3ccc4cc(Br)ccc4c3)C2=O)CC1. The Morgan fingerprint density at radius 3 is 2.34 bits per heavy atom. The van der Waals surface area contributed by atoms with E-state index in [0.29, 0.717) is 58.7 Å². The number of hydrogen-bond acceptors (Lipinski definition) is 7. The van der Waals surface area contributed by atoms with Crippen molar-refractivity contribution < 1.29 is 26.4 Å². The maximum atomic E-state index is 13.3. The molecule has 224 valence electrons. The average Bonchev–Trinajstić information content (AvgIpc) is 3.38. The lowest BCUT2D eigenvalue weighted by atomic mass is 10.1. The Labute approximate surface area is 250 Å². The van der Waals surface area contributed by atoms with E-state index in [0.717, 1.165) is 28.1 Å². The van der Waals surface area contributed by atoms with Gasteiger partial charge in [0, 0.05) is 56.3 Å². The van der Waals surface area contributed by atoms with Crippen LogP contribution in [0, 0.1) is 0 Å². The van der Waals surface area contributed by atoms with E-state index in [4.69, 9.17) is 0 Å². The molecule has 2 aromatic rings. The predicted molar refractivity (Wildman–Crippen MR) is 159 cm³/mol. The van der Waals surface area contributed by atoms with Crippen molar-refractivity contribution in [3.8, 4) is 0 Å². The zero-order chi connectivity index (χ0) is 29.4. The van der Waals surface area contributed by atoms with Crippen LogP contribution in [-0.2, 0) is 29.6 Å². The quantitative estimate of drug-likeness (QED) is 0.451. The molecule has 41 heavy (non-hydrogen) atoms. The lowest BCUT2D eigenvalue weighted by molar-refractivity contribution is -0.143. The molecule has 2 atom stereocenters. The van der Waals surface area contributed by atoms with Crippen LogP contribution in [0.5, 0.6) is 0 Å². The van der Waals surface area contributed by atoms with E-state index in [1.165, 1.54) is 21.5 Å². The summed E-state index contributed by atoms with van der Waals surface area (Å²) < 4.78 is 55.0. The van der Waals surface area contributed by atoms with Crippen molar-refractivity contribution in [3.05, 3.63) is 40.9 Å².